The molecule has 3 aromatic heterocycles. The van der Waals surface area contributed by atoms with Crippen molar-refractivity contribution in [2.45, 2.75) is 25.9 Å². The molecule has 1 aliphatic rings. The number of hydrogen-bond donors (Lipinski definition) is 1. The number of fused-ring (bicyclic) bond motifs is 1. The van der Waals surface area contributed by atoms with Gasteiger partial charge in [0.25, 0.3) is 0 Å². The van der Waals surface area contributed by atoms with Gasteiger partial charge < -0.3 is 15.1 Å². The standard InChI is InChI=1S/C25H28N6S/c1-30(2)16-21-28-24(23-20(17-32-25(23)29-21)19-8-4-3-5-9-19)27-15-18-10-11-22(26-14-18)31-12-6-7-13-31/h3-5,8-11,14,17H,6-7,12-13,15-16H2,1-2H3,(H,27,28,29). The topological polar surface area (TPSA) is 57.2 Å². The van der Waals surface area contributed by atoms with Crippen LogP contribution in [0.2, 0.25) is 0 Å². The molecule has 0 bridgehead atoms. The summed E-state index contributed by atoms with van der Waals surface area (Å²) in [5.74, 6) is 2.79. The van der Waals surface area contributed by atoms with Crippen molar-refractivity contribution in [2.24, 2.45) is 0 Å². The Hall–Kier alpha value is -3.03. The summed E-state index contributed by atoms with van der Waals surface area (Å²) >= 11 is 1.67. The summed E-state index contributed by atoms with van der Waals surface area (Å²) in [4.78, 5) is 19.9. The highest BCUT2D eigenvalue weighted by Crippen LogP contribution is 2.37. The second-order valence-corrected chi connectivity index (χ2v) is 9.35. The molecule has 1 fully saturated rings. The zero-order valence-electron chi connectivity index (χ0n) is 18.6. The number of thiophene rings is 1. The molecule has 0 radical (unpaired) electrons. The highest BCUT2D eigenvalue weighted by molar-refractivity contribution is 7.17. The zero-order chi connectivity index (χ0) is 21.9. The van der Waals surface area contributed by atoms with Gasteiger partial charge in [-0.2, -0.15) is 0 Å². The van der Waals surface area contributed by atoms with Gasteiger partial charge in [0.1, 0.15) is 22.3 Å². The van der Waals surface area contributed by atoms with Gasteiger partial charge >= 0.3 is 0 Å². The first-order valence-corrected chi connectivity index (χ1v) is 12.0. The fourth-order valence-electron chi connectivity index (χ4n) is 4.14. The molecule has 1 aromatic carbocycles. The predicted octanol–water partition coefficient (Wildman–Crippen LogP) is 5.03. The molecule has 0 amide bonds. The van der Waals surface area contributed by atoms with Gasteiger partial charge in [0, 0.05) is 36.8 Å². The molecule has 1 N–H and O–H groups in total. The molecule has 164 valence electrons. The molecular formula is C25H28N6S. The predicted molar refractivity (Wildman–Crippen MR) is 133 cm³/mol. The Morgan fingerprint density at radius 2 is 1.84 bits per heavy atom. The Morgan fingerprint density at radius 3 is 2.56 bits per heavy atom. The minimum Gasteiger partial charge on any atom is -0.365 e. The Balaban J connectivity index is 1.45. The van der Waals surface area contributed by atoms with Gasteiger partial charge in [-0.25, -0.2) is 15.0 Å². The lowest BCUT2D eigenvalue weighted by Gasteiger charge is -2.16. The van der Waals surface area contributed by atoms with Crippen LogP contribution in [0.5, 0.6) is 0 Å². The van der Waals surface area contributed by atoms with E-state index < -0.39 is 0 Å². The summed E-state index contributed by atoms with van der Waals surface area (Å²) in [5, 5.41) is 6.86. The second-order valence-electron chi connectivity index (χ2n) is 8.49. The second kappa shape index (κ2) is 9.22. The molecule has 1 aliphatic heterocycles. The Kier molecular flexibility index (Phi) is 6.01. The number of aromatic nitrogens is 3. The molecule has 4 aromatic rings. The molecule has 5 rings (SSSR count). The van der Waals surface area contributed by atoms with Crippen LogP contribution in [0.3, 0.4) is 0 Å². The fourth-order valence-corrected chi connectivity index (χ4v) is 5.10. The molecule has 0 spiro atoms. The van der Waals surface area contributed by atoms with E-state index in [0.29, 0.717) is 13.1 Å². The maximum atomic E-state index is 4.91. The first-order valence-electron chi connectivity index (χ1n) is 11.1. The molecule has 32 heavy (non-hydrogen) atoms. The first-order chi connectivity index (χ1) is 15.7. The number of rotatable bonds is 7. The minimum absolute atomic E-state index is 0.672. The summed E-state index contributed by atoms with van der Waals surface area (Å²) in [6.45, 7) is 3.59. The molecule has 1 saturated heterocycles. The number of hydrogen-bond acceptors (Lipinski definition) is 7. The monoisotopic (exact) mass is 444 g/mol. The molecule has 0 unspecified atom stereocenters. The largest absolute Gasteiger partial charge is 0.365 e. The number of benzene rings is 1. The molecule has 4 heterocycles. The summed E-state index contributed by atoms with van der Waals surface area (Å²) in [5.41, 5.74) is 3.50. The van der Waals surface area contributed by atoms with Gasteiger partial charge in [-0.05, 0) is 44.1 Å². The van der Waals surface area contributed by atoms with E-state index in [2.05, 4.69) is 56.9 Å². The van der Waals surface area contributed by atoms with Gasteiger partial charge in [0.2, 0.25) is 0 Å². The Morgan fingerprint density at radius 1 is 1.03 bits per heavy atom. The summed E-state index contributed by atoms with van der Waals surface area (Å²) in [6, 6.07) is 14.8. The molecule has 6 nitrogen and oxygen atoms in total. The maximum Gasteiger partial charge on any atom is 0.146 e. The van der Waals surface area contributed by atoms with Crippen molar-refractivity contribution in [3.63, 3.8) is 0 Å². The van der Waals surface area contributed by atoms with Crippen LogP contribution < -0.4 is 10.2 Å². The number of nitrogens with one attached hydrogen (secondary N) is 1. The van der Waals surface area contributed by atoms with E-state index in [1.54, 1.807) is 11.3 Å². The summed E-state index contributed by atoms with van der Waals surface area (Å²) < 4.78 is 0. The smallest absolute Gasteiger partial charge is 0.146 e. The average molecular weight is 445 g/mol. The van der Waals surface area contributed by atoms with Crippen LogP contribution in [0.25, 0.3) is 21.3 Å². The van der Waals surface area contributed by atoms with Crippen molar-refractivity contribution in [1.82, 2.24) is 19.9 Å². The van der Waals surface area contributed by atoms with Crippen molar-refractivity contribution in [3.8, 4) is 11.1 Å². The molecule has 0 aliphatic carbocycles. The maximum absolute atomic E-state index is 4.91. The van der Waals surface area contributed by atoms with Gasteiger partial charge in [-0.1, -0.05) is 36.4 Å². The number of nitrogens with zero attached hydrogens (tertiary/aromatic N) is 5. The van der Waals surface area contributed by atoms with E-state index >= 15 is 0 Å². The van der Waals surface area contributed by atoms with Crippen LogP contribution in [0.15, 0.2) is 54.0 Å². The Labute approximate surface area is 193 Å². The van der Waals surface area contributed by atoms with E-state index in [4.69, 9.17) is 15.0 Å². The van der Waals surface area contributed by atoms with Crippen molar-refractivity contribution >= 4 is 33.2 Å². The van der Waals surface area contributed by atoms with Crippen LogP contribution in [-0.4, -0.2) is 47.0 Å². The van der Waals surface area contributed by atoms with E-state index in [1.807, 2.05) is 26.4 Å². The lowest BCUT2D eigenvalue weighted by molar-refractivity contribution is 0.391. The van der Waals surface area contributed by atoms with E-state index in [-0.39, 0.29) is 0 Å². The SMILES string of the molecule is CN(C)Cc1nc(NCc2ccc(N3CCCC3)nc2)c2c(-c3ccccc3)csc2n1. The molecular weight excluding hydrogens is 416 g/mol. The van der Waals surface area contributed by atoms with Crippen LogP contribution in [-0.2, 0) is 13.1 Å². The third-order valence-electron chi connectivity index (χ3n) is 5.72. The Bertz CT molecular complexity index is 1180. The lowest BCUT2D eigenvalue weighted by Crippen LogP contribution is -2.18. The highest BCUT2D eigenvalue weighted by atomic mass is 32.1. The number of pyridine rings is 1. The zero-order valence-corrected chi connectivity index (χ0v) is 19.4. The molecule has 0 saturated carbocycles. The van der Waals surface area contributed by atoms with Crippen LogP contribution >= 0.6 is 11.3 Å². The summed E-state index contributed by atoms with van der Waals surface area (Å²) in [6.07, 6.45) is 4.49. The average Bonchev–Trinajstić information content (AvgIpc) is 3.48. The van der Waals surface area contributed by atoms with Crippen molar-refractivity contribution in [3.05, 3.63) is 65.4 Å². The van der Waals surface area contributed by atoms with Gasteiger partial charge in [0.05, 0.1) is 11.9 Å². The minimum atomic E-state index is 0.672. The van der Waals surface area contributed by atoms with Crippen molar-refractivity contribution in [2.75, 3.05) is 37.4 Å². The quantitative estimate of drug-likeness (QED) is 0.432. The van der Waals surface area contributed by atoms with Gasteiger partial charge in [-0.3, -0.25) is 0 Å². The van der Waals surface area contributed by atoms with E-state index in [9.17, 15) is 0 Å². The summed E-state index contributed by atoms with van der Waals surface area (Å²) in [7, 11) is 4.08. The van der Waals surface area contributed by atoms with Crippen LogP contribution in [0, 0.1) is 0 Å². The first kappa shape index (κ1) is 20.8. The van der Waals surface area contributed by atoms with Gasteiger partial charge in [-0.15, -0.1) is 11.3 Å². The van der Waals surface area contributed by atoms with Gasteiger partial charge in [0.15, 0.2) is 0 Å². The highest BCUT2D eigenvalue weighted by Gasteiger charge is 2.16. The molecule has 0 atom stereocenters. The van der Waals surface area contributed by atoms with Crippen molar-refractivity contribution < 1.29 is 0 Å². The van der Waals surface area contributed by atoms with E-state index in [0.717, 1.165) is 46.3 Å². The molecule has 7 heteroatoms. The normalized spacial score (nSPS) is 13.9. The van der Waals surface area contributed by atoms with E-state index in [1.165, 1.54) is 24.0 Å². The fraction of sp³-hybridized carbons (Fsp3) is 0.320. The third-order valence-corrected chi connectivity index (χ3v) is 6.59. The third kappa shape index (κ3) is 4.45. The van der Waals surface area contributed by atoms with Crippen molar-refractivity contribution in [1.29, 1.82) is 0 Å². The lowest BCUT2D eigenvalue weighted by atomic mass is 10.1. The number of anilines is 2. The van der Waals surface area contributed by atoms with Crippen LogP contribution in [0.1, 0.15) is 24.2 Å². The van der Waals surface area contributed by atoms with Crippen LogP contribution in [0.4, 0.5) is 11.6 Å².